The van der Waals surface area contributed by atoms with Gasteiger partial charge < -0.3 is 19.7 Å². The van der Waals surface area contributed by atoms with Crippen LogP contribution in [0.2, 0.25) is 0 Å². The number of aliphatic hydroxyl groups excluding tert-OH is 2. The molecule has 0 aromatic rings. The fourth-order valence-electron chi connectivity index (χ4n) is 0.964. The van der Waals surface area contributed by atoms with E-state index in [9.17, 15) is 0 Å². The molecule has 0 aromatic carbocycles. The fourth-order valence-corrected chi connectivity index (χ4v) is 0.964. The Bertz CT molecular complexity index is 106. The maximum absolute atomic E-state index is 9.12. The predicted octanol–water partition coefficient (Wildman–Crippen LogP) is 0.519. The average molecular weight is 192 g/mol. The van der Waals surface area contributed by atoms with Crippen molar-refractivity contribution in [3.8, 4) is 0 Å². The van der Waals surface area contributed by atoms with E-state index in [0.717, 1.165) is 19.3 Å². The molecule has 1 saturated heterocycles. The van der Waals surface area contributed by atoms with E-state index in [0.29, 0.717) is 13.2 Å². The lowest BCUT2D eigenvalue weighted by molar-refractivity contribution is -0.201. The number of hydrogen-bond donors (Lipinski definition) is 2. The molecule has 13 heavy (non-hydrogen) atoms. The lowest BCUT2D eigenvalue weighted by atomic mass is 10.1. The molecule has 1 aliphatic heterocycles. The Morgan fingerprint density at radius 3 is 2.46 bits per heavy atom. The molecule has 2 N–H and O–H groups in total. The minimum absolute atomic E-state index is 0.319. The maximum atomic E-state index is 9.12. The zero-order chi connectivity index (χ0) is 10.1. The molecule has 0 spiro atoms. The molecule has 80 valence electrons. The monoisotopic (exact) mass is 192 g/mol. The van der Waals surface area contributed by atoms with Gasteiger partial charge in [0.05, 0.1) is 0 Å². The lowest BCUT2D eigenvalue weighted by Gasteiger charge is -2.26. The van der Waals surface area contributed by atoms with Crippen LogP contribution in [0.5, 0.6) is 0 Å². The van der Waals surface area contributed by atoms with Crippen molar-refractivity contribution in [2.45, 2.75) is 38.6 Å². The van der Waals surface area contributed by atoms with Gasteiger partial charge in [-0.05, 0) is 19.3 Å². The van der Waals surface area contributed by atoms with Gasteiger partial charge in [0.15, 0.2) is 6.29 Å². The van der Waals surface area contributed by atoms with Gasteiger partial charge in [0, 0.05) is 20.3 Å². The SMILES string of the molecule is CCCO.COC1OCCCC1O. The maximum Gasteiger partial charge on any atom is 0.183 e. The van der Waals surface area contributed by atoms with Crippen LogP contribution in [0.4, 0.5) is 0 Å². The standard InChI is InChI=1S/C6H12O3.C3H8O/c1-8-6-5(7)3-2-4-9-6;1-2-3-4/h5-7H,2-4H2,1H3;4H,2-3H2,1H3. The number of hydrogen-bond acceptors (Lipinski definition) is 4. The van der Waals surface area contributed by atoms with Crippen LogP contribution in [-0.2, 0) is 9.47 Å². The highest BCUT2D eigenvalue weighted by Crippen LogP contribution is 2.13. The molecule has 0 radical (unpaired) electrons. The van der Waals surface area contributed by atoms with Crippen LogP contribution in [0.1, 0.15) is 26.2 Å². The predicted molar refractivity (Wildman–Crippen MR) is 49.4 cm³/mol. The average Bonchev–Trinajstić information content (AvgIpc) is 2.19. The first-order chi connectivity index (χ1) is 6.26. The van der Waals surface area contributed by atoms with E-state index < -0.39 is 12.4 Å². The summed E-state index contributed by atoms with van der Waals surface area (Å²) in [6.07, 6.45) is 1.78. The number of ether oxygens (including phenoxy) is 2. The van der Waals surface area contributed by atoms with Crippen LogP contribution in [0.3, 0.4) is 0 Å². The minimum Gasteiger partial charge on any atom is -0.396 e. The molecule has 2 atom stereocenters. The van der Waals surface area contributed by atoms with Gasteiger partial charge in [-0.25, -0.2) is 0 Å². The molecule has 4 heteroatoms. The molecule has 0 amide bonds. The van der Waals surface area contributed by atoms with Crippen LogP contribution in [0.15, 0.2) is 0 Å². The zero-order valence-corrected chi connectivity index (χ0v) is 8.40. The summed E-state index contributed by atoms with van der Waals surface area (Å²) in [5, 5.41) is 17.0. The van der Waals surface area contributed by atoms with Crippen molar-refractivity contribution in [1.82, 2.24) is 0 Å². The number of methoxy groups -OCH3 is 1. The third-order valence-electron chi connectivity index (χ3n) is 1.70. The van der Waals surface area contributed by atoms with Gasteiger partial charge in [0.25, 0.3) is 0 Å². The highest BCUT2D eigenvalue weighted by Gasteiger charge is 2.22. The minimum atomic E-state index is -0.427. The van der Waals surface area contributed by atoms with Crippen molar-refractivity contribution in [3.63, 3.8) is 0 Å². The Morgan fingerprint density at radius 1 is 1.54 bits per heavy atom. The van der Waals surface area contributed by atoms with Gasteiger partial charge in [-0.3, -0.25) is 0 Å². The summed E-state index contributed by atoms with van der Waals surface area (Å²) in [5.74, 6) is 0. The van der Waals surface area contributed by atoms with Crippen molar-refractivity contribution in [2.24, 2.45) is 0 Å². The highest BCUT2D eigenvalue weighted by molar-refractivity contribution is 4.64. The lowest BCUT2D eigenvalue weighted by Crippen LogP contribution is -2.35. The summed E-state index contributed by atoms with van der Waals surface area (Å²) in [4.78, 5) is 0. The van der Waals surface area contributed by atoms with E-state index in [2.05, 4.69) is 0 Å². The first kappa shape index (κ1) is 12.8. The third-order valence-corrected chi connectivity index (χ3v) is 1.70. The molecule has 1 fully saturated rings. The molecule has 1 aliphatic rings. The van der Waals surface area contributed by atoms with E-state index in [1.807, 2.05) is 6.92 Å². The molecular weight excluding hydrogens is 172 g/mol. The smallest absolute Gasteiger partial charge is 0.183 e. The van der Waals surface area contributed by atoms with Crippen molar-refractivity contribution in [2.75, 3.05) is 20.3 Å². The Labute approximate surface area is 79.5 Å². The number of rotatable bonds is 2. The molecule has 0 aliphatic carbocycles. The summed E-state index contributed by atoms with van der Waals surface area (Å²) in [5.41, 5.74) is 0. The van der Waals surface area contributed by atoms with Gasteiger partial charge in [0.2, 0.25) is 0 Å². The molecule has 0 bridgehead atoms. The highest BCUT2D eigenvalue weighted by atomic mass is 16.7. The molecular formula is C9H20O4. The second-order valence-electron chi connectivity index (χ2n) is 2.91. The normalized spacial score (nSPS) is 27.7. The van der Waals surface area contributed by atoms with Gasteiger partial charge >= 0.3 is 0 Å². The summed E-state index contributed by atoms with van der Waals surface area (Å²) < 4.78 is 9.90. The van der Waals surface area contributed by atoms with Gasteiger partial charge in [-0.2, -0.15) is 0 Å². The summed E-state index contributed by atoms with van der Waals surface area (Å²) >= 11 is 0. The zero-order valence-electron chi connectivity index (χ0n) is 8.40. The molecule has 1 heterocycles. The van der Waals surface area contributed by atoms with Crippen molar-refractivity contribution in [3.05, 3.63) is 0 Å². The molecule has 4 nitrogen and oxygen atoms in total. The van der Waals surface area contributed by atoms with Gasteiger partial charge in [-0.1, -0.05) is 6.92 Å². The summed E-state index contributed by atoms with van der Waals surface area (Å²) in [7, 11) is 1.54. The largest absolute Gasteiger partial charge is 0.396 e. The van der Waals surface area contributed by atoms with Crippen LogP contribution in [0.25, 0.3) is 0 Å². The van der Waals surface area contributed by atoms with Gasteiger partial charge in [0.1, 0.15) is 6.10 Å². The van der Waals surface area contributed by atoms with Crippen molar-refractivity contribution in [1.29, 1.82) is 0 Å². The summed E-state index contributed by atoms with van der Waals surface area (Å²) in [6, 6.07) is 0. The fraction of sp³-hybridized carbons (Fsp3) is 1.00. The number of aliphatic hydroxyl groups is 2. The Balaban J connectivity index is 0.000000310. The topological polar surface area (TPSA) is 58.9 Å². The van der Waals surface area contributed by atoms with Crippen LogP contribution >= 0.6 is 0 Å². The van der Waals surface area contributed by atoms with E-state index in [-0.39, 0.29) is 0 Å². The van der Waals surface area contributed by atoms with E-state index in [1.54, 1.807) is 7.11 Å². The third kappa shape index (κ3) is 5.99. The quantitative estimate of drug-likeness (QED) is 0.669. The molecule has 2 unspecified atom stereocenters. The molecule has 1 rings (SSSR count). The second kappa shape index (κ2) is 8.44. The van der Waals surface area contributed by atoms with E-state index in [4.69, 9.17) is 19.7 Å². The van der Waals surface area contributed by atoms with Gasteiger partial charge in [-0.15, -0.1) is 0 Å². The Morgan fingerprint density at radius 2 is 2.15 bits per heavy atom. The summed E-state index contributed by atoms with van der Waals surface area (Å²) in [6.45, 7) is 2.95. The first-order valence-electron chi connectivity index (χ1n) is 4.69. The van der Waals surface area contributed by atoms with Crippen molar-refractivity contribution >= 4 is 0 Å². The van der Waals surface area contributed by atoms with Crippen LogP contribution < -0.4 is 0 Å². The van der Waals surface area contributed by atoms with Crippen LogP contribution in [0, 0.1) is 0 Å². The Hall–Kier alpha value is -0.160. The molecule has 0 aromatic heterocycles. The Kier molecular flexibility index (Phi) is 8.33. The van der Waals surface area contributed by atoms with E-state index in [1.165, 1.54) is 0 Å². The molecule has 0 saturated carbocycles. The van der Waals surface area contributed by atoms with Crippen molar-refractivity contribution < 1.29 is 19.7 Å². The second-order valence-corrected chi connectivity index (χ2v) is 2.91. The van der Waals surface area contributed by atoms with E-state index >= 15 is 0 Å². The van der Waals surface area contributed by atoms with Crippen LogP contribution in [-0.4, -0.2) is 42.9 Å². The first-order valence-corrected chi connectivity index (χ1v) is 4.69.